The number of anilines is 5. The third-order valence-electron chi connectivity index (χ3n) is 13.4. The Morgan fingerprint density at radius 1 is 0.455 bits per heavy atom. The van der Waals surface area contributed by atoms with E-state index in [4.69, 9.17) is 4.42 Å². The maximum atomic E-state index is 6.23. The van der Waals surface area contributed by atoms with Crippen LogP contribution in [0.5, 0.6) is 0 Å². The summed E-state index contributed by atoms with van der Waals surface area (Å²) in [5, 5.41) is 7.19. The minimum Gasteiger partial charge on any atom is -0.456 e. The molecule has 0 amide bonds. The van der Waals surface area contributed by atoms with E-state index in [1.807, 2.05) is 23.5 Å². The predicted molar refractivity (Wildman–Crippen MR) is 281 cm³/mol. The second-order valence-electron chi connectivity index (χ2n) is 17.4. The van der Waals surface area contributed by atoms with Crippen molar-refractivity contribution >= 4 is 104 Å². The van der Waals surface area contributed by atoms with E-state index in [-0.39, 0.29) is 0 Å². The Balaban J connectivity index is 1.03. The topological polar surface area (TPSA) is 24.6 Å². The molecule has 0 saturated carbocycles. The lowest BCUT2D eigenvalue weighted by Crippen LogP contribution is -2.22. The lowest BCUT2D eigenvalue weighted by molar-refractivity contribution is 0.669. The number of rotatable bonds is 8. The van der Waals surface area contributed by atoms with Crippen LogP contribution in [0.3, 0.4) is 0 Å². The summed E-state index contributed by atoms with van der Waals surface area (Å²) >= 11 is 1.85. The van der Waals surface area contributed by atoms with Gasteiger partial charge < -0.3 is 18.8 Å². The van der Waals surface area contributed by atoms with E-state index >= 15 is 0 Å². The number of furan rings is 1. The lowest BCUT2D eigenvalue weighted by atomic mass is 9.96. The summed E-state index contributed by atoms with van der Waals surface area (Å²) in [6.07, 6.45) is 7.75. The second-order valence-corrected chi connectivity index (χ2v) is 18.5. The molecule has 9 aromatic carbocycles. The van der Waals surface area contributed by atoms with Crippen molar-refractivity contribution in [3.05, 3.63) is 230 Å². The average Bonchev–Trinajstić information content (AvgIpc) is 4.04. The van der Waals surface area contributed by atoms with Gasteiger partial charge in [0.1, 0.15) is 11.2 Å². The summed E-state index contributed by atoms with van der Waals surface area (Å²) in [4.78, 5) is 4.89. The number of nitrogens with zero attached hydrogens (tertiary/aromatic N) is 3. The van der Waals surface area contributed by atoms with E-state index < -0.39 is 0 Å². The summed E-state index contributed by atoms with van der Waals surface area (Å²) in [6.45, 7) is 2.33. The number of aromatic nitrogens is 1. The van der Waals surface area contributed by atoms with Gasteiger partial charge in [0, 0.05) is 87.5 Å². The summed E-state index contributed by atoms with van der Waals surface area (Å²) in [7, 11) is 0. The molecule has 0 aliphatic heterocycles. The lowest BCUT2D eigenvalue weighted by Gasteiger charge is -2.33. The van der Waals surface area contributed by atoms with Gasteiger partial charge in [-0.3, -0.25) is 0 Å². The van der Waals surface area contributed by atoms with E-state index in [1.165, 1.54) is 36.6 Å². The number of benzene rings is 9. The van der Waals surface area contributed by atoms with Gasteiger partial charge in [-0.2, -0.15) is 0 Å². The highest BCUT2D eigenvalue weighted by Crippen LogP contribution is 2.46. The molecule has 0 radical (unpaired) electrons. The minimum absolute atomic E-state index is 0.361. The van der Waals surface area contributed by atoms with Crippen molar-refractivity contribution in [1.82, 2.24) is 4.57 Å². The van der Waals surface area contributed by atoms with Crippen LogP contribution in [0.1, 0.15) is 13.3 Å². The van der Waals surface area contributed by atoms with Crippen molar-refractivity contribution in [2.45, 2.75) is 13.3 Å². The standard InChI is InChI=1S/C61H43N3OS/c1-40-15-8-11-24-55(40)63(43-16-4-2-5-17-43)46-21-14-20-45(37-46)62(48-30-34-61-54(39-48)50-23-10-13-26-60(50)66-61)47-29-32-57-52(38-47)51-35-41(27-31-56(51)64(57)44-18-6-3-7-19-44)42-28-33-59-53(36-42)49-22-9-12-25-58(49)65-59/h2-14,16-40H,15H2,1H3. The molecule has 4 nitrogen and oxygen atoms in total. The molecule has 0 N–H and O–H groups in total. The zero-order valence-electron chi connectivity index (χ0n) is 36.3. The number of para-hydroxylation sites is 3. The third kappa shape index (κ3) is 6.34. The highest BCUT2D eigenvalue weighted by molar-refractivity contribution is 7.25. The molecule has 12 aromatic rings. The highest BCUT2D eigenvalue weighted by Gasteiger charge is 2.24. The Labute approximate surface area is 386 Å². The van der Waals surface area contributed by atoms with Gasteiger partial charge in [0.15, 0.2) is 0 Å². The molecule has 1 unspecified atom stereocenters. The quantitative estimate of drug-likeness (QED) is 0.152. The van der Waals surface area contributed by atoms with E-state index in [2.05, 4.69) is 234 Å². The Morgan fingerprint density at radius 2 is 1.05 bits per heavy atom. The molecule has 3 aromatic heterocycles. The Hall–Kier alpha value is -8.12. The van der Waals surface area contributed by atoms with Crippen molar-refractivity contribution in [2.75, 3.05) is 9.80 Å². The van der Waals surface area contributed by atoms with E-state index in [9.17, 15) is 0 Å². The van der Waals surface area contributed by atoms with Crippen LogP contribution in [0.15, 0.2) is 235 Å². The van der Waals surface area contributed by atoms with Crippen LogP contribution < -0.4 is 9.80 Å². The maximum absolute atomic E-state index is 6.23. The first kappa shape index (κ1) is 38.3. The normalized spacial score (nSPS) is 14.0. The van der Waals surface area contributed by atoms with E-state index in [0.29, 0.717) is 5.92 Å². The molecular weight excluding hydrogens is 823 g/mol. The number of hydrogen-bond donors (Lipinski definition) is 0. The van der Waals surface area contributed by atoms with Gasteiger partial charge in [-0.05, 0) is 139 Å². The van der Waals surface area contributed by atoms with Crippen LogP contribution >= 0.6 is 11.3 Å². The van der Waals surface area contributed by atoms with Crippen molar-refractivity contribution in [3.63, 3.8) is 0 Å². The zero-order valence-corrected chi connectivity index (χ0v) is 37.1. The van der Waals surface area contributed by atoms with Crippen molar-refractivity contribution in [2.24, 2.45) is 5.92 Å². The van der Waals surface area contributed by atoms with E-state index in [0.717, 1.165) is 84.6 Å². The van der Waals surface area contributed by atoms with Crippen LogP contribution in [0.25, 0.3) is 80.7 Å². The Kier molecular flexibility index (Phi) is 9.03. The van der Waals surface area contributed by atoms with E-state index in [1.54, 1.807) is 0 Å². The Bertz CT molecular complexity index is 3890. The van der Waals surface area contributed by atoms with Crippen molar-refractivity contribution in [1.29, 1.82) is 0 Å². The third-order valence-corrected chi connectivity index (χ3v) is 14.5. The van der Waals surface area contributed by atoms with Crippen LogP contribution in [0.2, 0.25) is 0 Å². The number of thiophene rings is 1. The van der Waals surface area contributed by atoms with Crippen LogP contribution in [0.4, 0.5) is 28.4 Å². The summed E-state index contributed by atoms with van der Waals surface area (Å²) < 4.78 is 11.2. The first-order valence-corrected chi connectivity index (χ1v) is 23.5. The van der Waals surface area contributed by atoms with Crippen molar-refractivity contribution in [3.8, 4) is 16.8 Å². The SMILES string of the molecule is CC1CC=CC=C1N(c1ccccc1)c1cccc(N(c2ccc3sc4ccccc4c3c2)c2ccc3c(c2)c2cc(-c4ccc5oc6ccccc6c5c4)ccc2n3-c2ccccc2)c1. The zero-order chi connectivity index (χ0) is 43.7. The first-order chi connectivity index (χ1) is 32.6. The number of hydrogen-bond acceptors (Lipinski definition) is 4. The van der Waals surface area contributed by atoms with Gasteiger partial charge in [0.25, 0.3) is 0 Å². The summed E-state index contributed by atoms with van der Waals surface area (Å²) in [5.74, 6) is 0.361. The van der Waals surface area contributed by atoms with Crippen LogP contribution in [0, 0.1) is 5.92 Å². The number of allylic oxidation sites excluding steroid dienone is 4. The van der Waals surface area contributed by atoms with Gasteiger partial charge in [0.05, 0.1) is 11.0 Å². The molecule has 1 aliphatic rings. The second kappa shape index (κ2) is 15.5. The molecule has 13 rings (SSSR count). The first-order valence-electron chi connectivity index (χ1n) is 22.7. The van der Waals surface area contributed by atoms with Crippen molar-refractivity contribution < 1.29 is 4.42 Å². The fourth-order valence-electron chi connectivity index (χ4n) is 10.2. The van der Waals surface area contributed by atoms with Gasteiger partial charge in [-0.25, -0.2) is 0 Å². The minimum atomic E-state index is 0.361. The predicted octanol–water partition coefficient (Wildman–Crippen LogP) is 17.8. The monoisotopic (exact) mass is 865 g/mol. The van der Waals surface area contributed by atoms with Crippen LogP contribution in [-0.2, 0) is 0 Å². The highest BCUT2D eigenvalue weighted by atomic mass is 32.1. The smallest absolute Gasteiger partial charge is 0.135 e. The molecule has 0 saturated heterocycles. The molecule has 3 heterocycles. The average molecular weight is 866 g/mol. The van der Waals surface area contributed by atoms with Gasteiger partial charge in [0.2, 0.25) is 0 Å². The molecule has 5 heteroatoms. The van der Waals surface area contributed by atoms with Gasteiger partial charge in [-0.15, -0.1) is 11.3 Å². The molecular formula is C61H43N3OS. The number of fused-ring (bicyclic) bond motifs is 9. The molecule has 66 heavy (non-hydrogen) atoms. The fourth-order valence-corrected chi connectivity index (χ4v) is 11.3. The molecule has 314 valence electrons. The molecule has 0 bridgehead atoms. The summed E-state index contributed by atoms with van der Waals surface area (Å²) in [5.41, 5.74) is 14.4. The molecule has 1 aliphatic carbocycles. The maximum Gasteiger partial charge on any atom is 0.135 e. The molecule has 0 spiro atoms. The van der Waals surface area contributed by atoms with Gasteiger partial charge in [-0.1, -0.05) is 110 Å². The molecule has 0 fully saturated rings. The fraction of sp³-hybridized carbons (Fsp3) is 0.0492. The molecule has 1 atom stereocenters. The summed E-state index contributed by atoms with van der Waals surface area (Å²) in [6, 6.07) is 75.2. The van der Waals surface area contributed by atoms with Gasteiger partial charge >= 0.3 is 0 Å². The largest absolute Gasteiger partial charge is 0.456 e. The van der Waals surface area contributed by atoms with Crippen LogP contribution in [-0.4, -0.2) is 4.57 Å². The Morgan fingerprint density at radius 3 is 1.86 bits per heavy atom.